The van der Waals surface area contributed by atoms with Gasteiger partial charge in [-0.15, -0.1) is 0 Å². The number of hydroxylamine groups is 2. The van der Waals surface area contributed by atoms with Crippen molar-refractivity contribution in [3.05, 3.63) is 35.9 Å². The van der Waals surface area contributed by atoms with Crippen molar-refractivity contribution in [1.29, 1.82) is 0 Å². The molecule has 0 saturated carbocycles. The van der Waals surface area contributed by atoms with E-state index < -0.39 is 0 Å². The lowest BCUT2D eigenvalue weighted by Crippen LogP contribution is -2.25. The summed E-state index contributed by atoms with van der Waals surface area (Å²) in [5, 5.41) is 1.23. The zero-order chi connectivity index (χ0) is 12.5. The van der Waals surface area contributed by atoms with Crippen LogP contribution in [0.15, 0.2) is 30.3 Å². The van der Waals surface area contributed by atoms with E-state index in [4.69, 9.17) is 9.57 Å². The highest BCUT2D eigenvalue weighted by Crippen LogP contribution is 2.02. The van der Waals surface area contributed by atoms with Crippen molar-refractivity contribution in [2.24, 2.45) is 0 Å². The Balaban J connectivity index is 2.07. The molecule has 0 aliphatic rings. The Bertz CT molecular complexity index is 327. The maximum atomic E-state index is 11.4. The Morgan fingerprint density at radius 1 is 1.29 bits per heavy atom. The number of hydrogen-bond donors (Lipinski definition) is 0. The normalized spacial score (nSPS) is 10.2. The molecule has 0 spiro atoms. The number of carbonyl (C=O) groups is 1. The van der Waals surface area contributed by atoms with Gasteiger partial charge in [0.25, 0.3) is 0 Å². The van der Waals surface area contributed by atoms with E-state index in [9.17, 15) is 4.79 Å². The van der Waals surface area contributed by atoms with Gasteiger partial charge in [-0.3, -0.25) is 9.63 Å². The summed E-state index contributed by atoms with van der Waals surface area (Å²) in [7, 11) is 3.08. The highest BCUT2D eigenvalue weighted by molar-refractivity contribution is 5.74. The summed E-state index contributed by atoms with van der Waals surface area (Å²) >= 11 is 0. The number of carbonyl (C=O) groups excluding carboxylic acids is 1. The van der Waals surface area contributed by atoms with Crippen molar-refractivity contribution < 1.29 is 14.4 Å². The first-order valence-corrected chi connectivity index (χ1v) is 5.66. The second-order valence-corrected chi connectivity index (χ2v) is 3.72. The standard InChI is InChI=1S/C13H19NO3/c1-14(16-2)13(15)9-6-10-17-11-12-7-4-3-5-8-12/h3-5,7-8H,6,9-11H2,1-2H3. The Morgan fingerprint density at radius 2 is 2.00 bits per heavy atom. The minimum atomic E-state index is -0.0317. The zero-order valence-corrected chi connectivity index (χ0v) is 10.4. The van der Waals surface area contributed by atoms with E-state index in [-0.39, 0.29) is 5.91 Å². The van der Waals surface area contributed by atoms with Gasteiger partial charge in [0.15, 0.2) is 0 Å². The van der Waals surface area contributed by atoms with Gasteiger partial charge in [0, 0.05) is 20.1 Å². The van der Waals surface area contributed by atoms with Crippen LogP contribution in [0.4, 0.5) is 0 Å². The summed E-state index contributed by atoms with van der Waals surface area (Å²) in [6.07, 6.45) is 1.15. The first-order valence-electron chi connectivity index (χ1n) is 5.66. The molecule has 17 heavy (non-hydrogen) atoms. The molecule has 0 heterocycles. The molecular weight excluding hydrogens is 218 g/mol. The smallest absolute Gasteiger partial charge is 0.245 e. The maximum absolute atomic E-state index is 11.4. The minimum Gasteiger partial charge on any atom is -0.377 e. The Morgan fingerprint density at radius 3 is 2.65 bits per heavy atom. The third-order valence-corrected chi connectivity index (χ3v) is 2.42. The molecule has 0 fully saturated rings. The van der Waals surface area contributed by atoms with Crippen LogP contribution >= 0.6 is 0 Å². The largest absolute Gasteiger partial charge is 0.377 e. The second kappa shape index (κ2) is 7.81. The molecule has 0 unspecified atom stereocenters. The number of nitrogens with zero attached hydrogens (tertiary/aromatic N) is 1. The molecule has 0 saturated heterocycles. The average molecular weight is 237 g/mol. The summed E-state index contributed by atoms with van der Waals surface area (Å²) in [5.74, 6) is -0.0317. The van der Waals surface area contributed by atoms with Crippen LogP contribution in [0.5, 0.6) is 0 Å². The monoisotopic (exact) mass is 237 g/mol. The van der Waals surface area contributed by atoms with Crippen LogP contribution in [-0.4, -0.2) is 31.7 Å². The van der Waals surface area contributed by atoms with E-state index >= 15 is 0 Å². The minimum absolute atomic E-state index is 0.0317. The molecule has 1 amide bonds. The molecule has 1 aromatic rings. The fourth-order valence-corrected chi connectivity index (χ4v) is 1.35. The Labute approximate surface area is 102 Å². The summed E-state index contributed by atoms with van der Waals surface area (Å²) < 4.78 is 5.47. The van der Waals surface area contributed by atoms with Crippen LogP contribution in [0, 0.1) is 0 Å². The molecular formula is C13H19NO3. The van der Waals surface area contributed by atoms with E-state index in [2.05, 4.69) is 0 Å². The van der Waals surface area contributed by atoms with Crippen LogP contribution in [0.2, 0.25) is 0 Å². The summed E-state index contributed by atoms with van der Waals surface area (Å²) in [5.41, 5.74) is 1.15. The quantitative estimate of drug-likeness (QED) is 0.538. The molecule has 0 bridgehead atoms. The SMILES string of the molecule is CON(C)C(=O)CCCOCc1ccccc1. The van der Waals surface area contributed by atoms with Gasteiger partial charge < -0.3 is 4.74 Å². The van der Waals surface area contributed by atoms with Gasteiger partial charge in [-0.1, -0.05) is 30.3 Å². The summed E-state index contributed by atoms with van der Waals surface area (Å²) in [6.45, 7) is 1.17. The van der Waals surface area contributed by atoms with Gasteiger partial charge in [0.2, 0.25) is 5.91 Å². The molecule has 1 aromatic carbocycles. The van der Waals surface area contributed by atoms with Crippen LogP contribution in [0.3, 0.4) is 0 Å². The third kappa shape index (κ3) is 5.47. The average Bonchev–Trinajstić information content (AvgIpc) is 2.38. The van der Waals surface area contributed by atoms with E-state index in [1.807, 2.05) is 30.3 Å². The van der Waals surface area contributed by atoms with Crippen LogP contribution in [-0.2, 0) is 21.0 Å². The van der Waals surface area contributed by atoms with E-state index in [0.29, 0.717) is 26.1 Å². The zero-order valence-electron chi connectivity index (χ0n) is 10.4. The lowest BCUT2D eigenvalue weighted by molar-refractivity contribution is -0.168. The first kappa shape index (κ1) is 13.7. The van der Waals surface area contributed by atoms with Crippen LogP contribution in [0.25, 0.3) is 0 Å². The lowest BCUT2D eigenvalue weighted by atomic mass is 10.2. The lowest BCUT2D eigenvalue weighted by Gasteiger charge is -2.13. The van der Waals surface area contributed by atoms with E-state index in [1.165, 1.54) is 12.2 Å². The highest BCUT2D eigenvalue weighted by Gasteiger charge is 2.06. The molecule has 0 radical (unpaired) electrons. The predicted molar refractivity (Wildman–Crippen MR) is 65.1 cm³/mol. The number of hydrogen-bond acceptors (Lipinski definition) is 3. The summed E-state index contributed by atoms with van der Waals surface area (Å²) in [6, 6.07) is 9.97. The summed E-state index contributed by atoms with van der Waals surface area (Å²) in [4.78, 5) is 16.1. The van der Waals surface area contributed by atoms with Crippen LogP contribution < -0.4 is 0 Å². The van der Waals surface area contributed by atoms with Gasteiger partial charge in [-0.2, -0.15) is 0 Å². The van der Waals surface area contributed by atoms with Gasteiger partial charge in [-0.25, -0.2) is 5.06 Å². The molecule has 0 atom stereocenters. The van der Waals surface area contributed by atoms with Crippen molar-refractivity contribution >= 4 is 5.91 Å². The molecule has 4 nitrogen and oxygen atoms in total. The Hall–Kier alpha value is -1.39. The number of benzene rings is 1. The highest BCUT2D eigenvalue weighted by atomic mass is 16.7. The number of rotatable bonds is 7. The molecule has 0 aliphatic heterocycles. The predicted octanol–water partition coefficient (Wildman–Crippen LogP) is 2.00. The topological polar surface area (TPSA) is 38.8 Å². The maximum Gasteiger partial charge on any atom is 0.245 e. The molecule has 4 heteroatoms. The molecule has 94 valence electrons. The Kier molecular flexibility index (Phi) is 6.29. The molecule has 0 aromatic heterocycles. The molecule has 0 N–H and O–H groups in total. The molecule has 1 rings (SSSR count). The van der Waals surface area contributed by atoms with Crippen molar-refractivity contribution in [1.82, 2.24) is 5.06 Å². The fourth-order valence-electron chi connectivity index (χ4n) is 1.35. The van der Waals surface area contributed by atoms with Gasteiger partial charge >= 0.3 is 0 Å². The van der Waals surface area contributed by atoms with Crippen molar-refractivity contribution in [2.75, 3.05) is 20.8 Å². The number of amides is 1. The van der Waals surface area contributed by atoms with E-state index in [0.717, 1.165) is 5.56 Å². The second-order valence-electron chi connectivity index (χ2n) is 3.72. The van der Waals surface area contributed by atoms with Gasteiger partial charge in [-0.05, 0) is 12.0 Å². The number of ether oxygens (including phenoxy) is 1. The fraction of sp³-hybridized carbons (Fsp3) is 0.462. The van der Waals surface area contributed by atoms with E-state index in [1.54, 1.807) is 7.05 Å². The molecule has 0 aliphatic carbocycles. The first-order chi connectivity index (χ1) is 8.24. The third-order valence-electron chi connectivity index (χ3n) is 2.42. The van der Waals surface area contributed by atoms with Crippen molar-refractivity contribution in [3.8, 4) is 0 Å². The van der Waals surface area contributed by atoms with Crippen LogP contribution in [0.1, 0.15) is 18.4 Å². The van der Waals surface area contributed by atoms with Gasteiger partial charge in [0.1, 0.15) is 0 Å². The van der Waals surface area contributed by atoms with Crippen molar-refractivity contribution in [3.63, 3.8) is 0 Å². The van der Waals surface area contributed by atoms with Gasteiger partial charge in [0.05, 0.1) is 13.7 Å². The van der Waals surface area contributed by atoms with Crippen molar-refractivity contribution in [2.45, 2.75) is 19.4 Å².